The summed E-state index contributed by atoms with van der Waals surface area (Å²) >= 11 is 0. The van der Waals surface area contributed by atoms with E-state index < -0.39 is 10.0 Å². The van der Waals surface area contributed by atoms with Gasteiger partial charge in [-0.05, 0) is 32.0 Å². The maximum absolute atomic E-state index is 13.1. The zero-order valence-electron chi connectivity index (χ0n) is 17.2. The molecule has 1 aliphatic rings. The van der Waals surface area contributed by atoms with Crippen LogP contribution in [-0.2, 0) is 10.0 Å². The average molecular weight is 422 g/mol. The van der Waals surface area contributed by atoms with E-state index in [-0.39, 0.29) is 23.0 Å². The molecule has 1 aromatic carbocycles. The van der Waals surface area contributed by atoms with Crippen molar-refractivity contribution >= 4 is 15.8 Å². The fourth-order valence-electron chi connectivity index (χ4n) is 3.56. The number of hydrogen-bond donors (Lipinski definition) is 1. The van der Waals surface area contributed by atoms with Crippen molar-refractivity contribution in [3.8, 4) is 11.5 Å². The molecular formula is C20H27N3O5S. The lowest BCUT2D eigenvalue weighted by Gasteiger charge is -2.33. The fraction of sp³-hybridized carbons (Fsp3) is 0.450. The largest absolute Gasteiger partial charge is 0.497 e. The highest BCUT2D eigenvalue weighted by molar-refractivity contribution is 7.89. The Bertz CT molecular complexity index is 992. The molecule has 0 atom stereocenters. The molecule has 8 nitrogen and oxygen atoms in total. The van der Waals surface area contributed by atoms with Crippen LogP contribution >= 0.6 is 0 Å². The molecule has 29 heavy (non-hydrogen) atoms. The van der Waals surface area contributed by atoms with Crippen LogP contribution in [0.4, 0.5) is 0 Å². The Morgan fingerprint density at radius 3 is 2.31 bits per heavy atom. The van der Waals surface area contributed by atoms with Crippen molar-refractivity contribution in [3.05, 3.63) is 41.2 Å². The second-order valence-electron chi connectivity index (χ2n) is 7.11. The monoisotopic (exact) mass is 421 g/mol. The third-order valence-electron chi connectivity index (χ3n) is 5.14. The maximum atomic E-state index is 13.1. The van der Waals surface area contributed by atoms with E-state index in [1.165, 1.54) is 24.6 Å². The predicted octanol–water partition coefficient (Wildman–Crippen LogP) is 1.84. The molecule has 0 bridgehead atoms. The topological polar surface area (TPSA) is 91.9 Å². The summed E-state index contributed by atoms with van der Waals surface area (Å²) in [5, 5.41) is 0. The van der Waals surface area contributed by atoms with Crippen molar-refractivity contribution in [2.45, 2.75) is 18.7 Å². The summed E-state index contributed by atoms with van der Waals surface area (Å²) in [5.74, 6) is 0.819. The van der Waals surface area contributed by atoms with Crippen molar-refractivity contribution in [1.29, 1.82) is 0 Å². The first-order valence-corrected chi connectivity index (χ1v) is 10.8. The first-order chi connectivity index (χ1) is 13.8. The number of methoxy groups -OCH3 is 2. The Hall–Kier alpha value is -2.36. The van der Waals surface area contributed by atoms with E-state index in [1.807, 2.05) is 24.8 Å². The molecule has 1 N–H and O–H groups in total. The number of ketones is 1. The minimum Gasteiger partial charge on any atom is -0.497 e. The number of nitrogens with zero attached hydrogens (tertiary/aromatic N) is 2. The molecule has 158 valence electrons. The highest BCUT2D eigenvalue weighted by Crippen LogP contribution is 2.31. The zero-order valence-corrected chi connectivity index (χ0v) is 18.0. The molecule has 9 heteroatoms. The molecule has 1 aromatic heterocycles. The number of piperazine rings is 1. The van der Waals surface area contributed by atoms with Gasteiger partial charge in [-0.25, -0.2) is 8.42 Å². The predicted molar refractivity (Wildman–Crippen MR) is 109 cm³/mol. The summed E-state index contributed by atoms with van der Waals surface area (Å²) in [7, 11) is -0.755. The molecule has 0 spiro atoms. The highest BCUT2D eigenvalue weighted by Gasteiger charge is 2.31. The van der Waals surface area contributed by atoms with Crippen LogP contribution in [0.3, 0.4) is 0 Å². The van der Waals surface area contributed by atoms with Gasteiger partial charge >= 0.3 is 0 Å². The summed E-state index contributed by atoms with van der Waals surface area (Å²) in [6.07, 6.45) is 0. The van der Waals surface area contributed by atoms with Crippen LogP contribution < -0.4 is 9.47 Å². The number of Topliss-reactive ketones (excluding diaryl/α,β-unsaturated/α-hetero) is 1. The lowest BCUT2D eigenvalue weighted by molar-refractivity contribution is 0.0901. The van der Waals surface area contributed by atoms with Crippen molar-refractivity contribution in [2.75, 3.05) is 46.9 Å². The second kappa shape index (κ2) is 8.56. The van der Waals surface area contributed by atoms with E-state index in [1.54, 1.807) is 12.1 Å². The number of carbonyl (C=O) groups is 1. The van der Waals surface area contributed by atoms with Gasteiger partial charge in [0.25, 0.3) is 0 Å². The van der Waals surface area contributed by atoms with Crippen molar-refractivity contribution in [3.63, 3.8) is 0 Å². The number of aromatic nitrogens is 1. The van der Waals surface area contributed by atoms with Gasteiger partial charge in [-0.15, -0.1) is 0 Å². The van der Waals surface area contributed by atoms with E-state index >= 15 is 0 Å². The van der Waals surface area contributed by atoms with Gasteiger partial charge < -0.3 is 14.5 Å². The van der Waals surface area contributed by atoms with Gasteiger partial charge in [0.2, 0.25) is 10.0 Å². The van der Waals surface area contributed by atoms with Crippen molar-refractivity contribution in [1.82, 2.24) is 14.2 Å². The standard InChI is InChI=1S/C20H27N3O5S/c1-14-11-17(15(2)21-14)18(24)13-22-7-9-23(10-8-22)29(25,26)20-6-5-16(27-3)12-19(20)28-4/h5-6,11-12,21H,7-10,13H2,1-4H3. The molecule has 1 fully saturated rings. The number of rotatable bonds is 7. The molecule has 1 aliphatic heterocycles. The molecule has 0 aliphatic carbocycles. The lowest BCUT2D eigenvalue weighted by Crippen LogP contribution is -2.49. The molecule has 2 aromatic rings. The summed E-state index contributed by atoms with van der Waals surface area (Å²) in [4.78, 5) is 17.8. The van der Waals surface area contributed by atoms with E-state index in [2.05, 4.69) is 4.98 Å². The number of ether oxygens (including phenoxy) is 2. The Morgan fingerprint density at radius 2 is 1.76 bits per heavy atom. The Morgan fingerprint density at radius 1 is 1.07 bits per heavy atom. The van der Waals surface area contributed by atoms with Gasteiger partial charge in [-0.3, -0.25) is 9.69 Å². The number of hydrogen-bond acceptors (Lipinski definition) is 6. The number of H-pyrrole nitrogens is 1. The van der Waals surface area contributed by atoms with E-state index in [4.69, 9.17) is 9.47 Å². The van der Waals surface area contributed by atoms with Gasteiger partial charge in [0.05, 0.1) is 20.8 Å². The number of benzene rings is 1. The second-order valence-corrected chi connectivity index (χ2v) is 9.02. The molecule has 2 heterocycles. The summed E-state index contributed by atoms with van der Waals surface area (Å²) in [6, 6.07) is 6.52. The Kier molecular flexibility index (Phi) is 6.30. The van der Waals surface area contributed by atoms with Crippen molar-refractivity contribution < 1.29 is 22.7 Å². The van der Waals surface area contributed by atoms with Crippen LogP contribution in [0.2, 0.25) is 0 Å². The van der Waals surface area contributed by atoms with Crippen LogP contribution in [0.25, 0.3) is 0 Å². The van der Waals surface area contributed by atoms with Crippen LogP contribution in [0.15, 0.2) is 29.2 Å². The zero-order chi connectivity index (χ0) is 21.2. The first kappa shape index (κ1) is 21.4. The van der Waals surface area contributed by atoms with Gasteiger partial charge in [-0.1, -0.05) is 0 Å². The Labute approximate surface area is 171 Å². The number of nitrogens with one attached hydrogen (secondary N) is 1. The molecule has 0 amide bonds. The third-order valence-corrected chi connectivity index (χ3v) is 7.08. The quantitative estimate of drug-likeness (QED) is 0.686. The number of aromatic amines is 1. The number of carbonyl (C=O) groups excluding carboxylic acids is 1. The molecule has 0 radical (unpaired) electrons. The lowest BCUT2D eigenvalue weighted by atomic mass is 10.1. The van der Waals surface area contributed by atoms with E-state index in [0.29, 0.717) is 37.5 Å². The third kappa shape index (κ3) is 4.47. The number of sulfonamides is 1. The first-order valence-electron chi connectivity index (χ1n) is 9.40. The highest BCUT2D eigenvalue weighted by atomic mass is 32.2. The van der Waals surface area contributed by atoms with Crippen molar-refractivity contribution in [2.24, 2.45) is 0 Å². The van der Waals surface area contributed by atoms with E-state index in [0.717, 1.165) is 11.4 Å². The summed E-state index contributed by atoms with van der Waals surface area (Å²) < 4.78 is 38.0. The van der Waals surface area contributed by atoms with E-state index in [9.17, 15) is 13.2 Å². The molecular weight excluding hydrogens is 394 g/mol. The van der Waals surface area contributed by atoms with Gasteiger partial charge in [0.15, 0.2) is 5.78 Å². The van der Waals surface area contributed by atoms with Crippen LogP contribution in [0.5, 0.6) is 11.5 Å². The SMILES string of the molecule is COc1ccc(S(=O)(=O)N2CCN(CC(=O)c3cc(C)[nH]c3C)CC2)c(OC)c1. The normalized spacial score (nSPS) is 16.0. The molecule has 0 unspecified atom stereocenters. The van der Waals surface area contributed by atoms with Crippen LogP contribution in [-0.4, -0.2) is 75.3 Å². The molecule has 1 saturated heterocycles. The smallest absolute Gasteiger partial charge is 0.246 e. The summed E-state index contributed by atoms with van der Waals surface area (Å²) in [6.45, 7) is 5.69. The minimum atomic E-state index is -3.70. The molecule has 3 rings (SSSR count). The van der Waals surface area contributed by atoms with Gasteiger partial charge in [-0.2, -0.15) is 4.31 Å². The van der Waals surface area contributed by atoms with Gasteiger partial charge in [0, 0.05) is 49.2 Å². The fourth-order valence-corrected chi connectivity index (χ4v) is 5.12. The summed E-state index contributed by atoms with van der Waals surface area (Å²) in [5.41, 5.74) is 2.51. The van der Waals surface area contributed by atoms with Gasteiger partial charge in [0.1, 0.15) is 16.4 Å². The maximum Gasteiger partial charge on any atom is 0.246 e. The average Bonchev–Trinajstić information content (AvgIpc) is 3.06. The minimum absolute atomic E-state index is 0.0416. The van der Waals surface area contributed by atoms with Crippen LogP contribution in [0.1, 0.15) is 21.7 Å². The Balaban J connectivity index is 1.67. The molecule has 0 saturated carbocycles. The van der Waals surface area contributed by atoms with Crippen LogP contribution in [0, 0.1) is 13.8 Å². The number of aryl methyl sites for hydroxylation is 2.